The normalized spacial score (nSPS) is 12.2. The predicted octanol–water partition coefficient (Wildman–Crippen LogP) is 3.67. The SMILES string of the molecule is NCC(Oc1ccccc1F)c1cccc(Br)c1. The summed E-state index contributed by atoms with van der Waals surface area (Å²) >= 11 is 3.39. The summed E-state index contributed by atoms with van der Waals surface area (Å²) in [7, 11) is 0. The highest BCUT2D eigenvalue weighted by molar-refractivity contribution is 9.10. The fourth-order valence-corrected chi connectivity index (χ4v) is 2.07. The molecule has 94 valence electrons. The first kappa shape index (κ1) is 13.1. The molecule has 18 heavy (non-hydrogen) atoms. The number of ether oxygens (including phenoxy) is 1. The van der Waals surface area contributed by atoms with Gasteiger partial charge in [0.2, 0.25) is 0 Å². The molecule has 0 spiro atoms. The lowest BCUT2D eigenvalue weighted by molar-refractivity contribution is 0.204. The van der Waals surface area contributed by atoms with Crippen molar-refractivity contribution in [1.29, 1.82) is 0 Å². The molecule has 4 heteroatoms. The molecule has 0 aliphatic carbocycles. The van der Waals surface area contributed by atoms with Crippen molar-refractivity contribution < 1.29 is 9.13 Å². The minimum atomic E-state index is -0.383. The first-order valence-electron chi connectivity index (χ1n) is 5.57. The number of rotatable bonds is 4. The number of hydrogen-bond donors (Lipinski definition) is 1. The second kappa shape index (κ2) is 5.98. The molecule has 0 heterocycles. The van der Waals surface area contributed by atoms with Gasteiger partial charge in [0.25, 0.3) is 0 Å². The van der Waals surface area contributed by atoms with Crippen LogP contribution < -0.4 is 10.5 Å². The summed E-state index contributed by atoms with van der Waals surface area (Å²) < 4.78 is 20.1. The third-order valence-electron chi connectivity index (χ3n) is 2.54. The van der Waals surface area contributed by atoms with E-state index in [1.807, 2.05) is 24.3 Å². The molecule has 0 aliphatic heterocycles. The lowest BCUT2D eigenvalue weighted by atomic mass is 10.1. The summed E-state index contributed by atoms with van der Waals surface area (Å²) in [5.74, 6) is -0.168. The van der Waals surface area contributed by atoms with Gasteiger partial charge in [0.05, 0.1) is 0 Å². The van der Waals surface area contributed by atoms with Crippen LogP contribution in [0.3, 0.4) is 0 Å². The maximum absolute atomic E-state index is 13.5. The van der Waals surface area contributed by atoms with Gasteiger partial charge >= 0.3 is 0 Å². The van der Waals surface area contributed by atoms with Crippen molar-refractivity contribution in [2.75, 3.05) is 6.54 Å². The topological polar surface area (TPSA) is 35.2 Å². The molecule has 0 aromatic heterocycles. The number of hydrogen-bond acceptors (Lipinski definition) is 2. The third-order valence-corrected chi connectivity index (χ3v) is 3.03. The Balaban J connectivity index is 2.23. The van der Waals surface area contributed by atoms with Crippen molar-refractivity contribution in [1.82, 2.24) is 0 Å². The van der Waals surface area contributed by atoms with Crippen LogP contribution >= 0.6 is 15.9 Å². The van der Waals surface area contributed by atoms with Crippen molar-refractivity contribution in [3.05, 3.63) is 64.4 Å². The zero-order valence-electron chi connectivity index (χ0n) is 9.64. The van der Waals surface area contributed by atoms with E-state index in [-0.39, 0.29) is 24.2 Å². The van der Waals surface area contributed by atoms with Gasteiger partial charge in [-0.3, -0.25) is 0 Å². The largest absolute Gasteiger partial charge is 0.481 e. The van der Waals surface area contributed by atoms with Crippen LogP contribution in [0.4, 0.5) is 4.39 Å². The molecule has 0 radical (unpaired) electrons. The first-order valence-corrected chi connectivity index (χ1v) is 6.36. The Morgan fingerprint density at radius 2 is 1.94 bits per heavy atom. The van der Waals surface area contributed by atoms with Gasteiger partial charge in [-0.1, -0.05) is 40.2 Å². The van der Waals surface area contributed by atoms with Gasteiger partial charge in [0.15, 0.2) is 11.6 Å². The van der Waals surface area contributed by atoms with Crippen LogP contribution in [-0.4, -0.2) is 6.54 Å². The Morgan fingerprint density at radius 1 is 1.17 bits per heavy atom. The molecule has 2 N–H and O–H groups in total. The average molecular weight is 310 g/mol. The standard InChI is InChI=1S/C14H13BrFNO/c15-11-5-3-4-10(8-11)14(9-17)18-13-7-2-1-6-12(13)16/h1-8,14H,9,17H2. The summed E-state index contributed by atoms with van der Waals surface area (Å²) in [5, 5.41) is 0. The van der Waals surface area contributed by atoms with Crippen LogP contribution in [0, 0.1) is 5.82 Å². The second-order valence-electron chi connectivity index (χ2n) is 3.83. The average Bonchev–Trinajstić information content (AvgIpc) is 2.38. The number of para-hydroxylation sites is 1. The lowest BCUT2D eigenvalue weighted by Crippen LogP contribution is -2.18. The molecule has 2 rings (SSSR count). The highest BCUT2D eigenvalue weighted by Gasteiger charge is 2.13. The first-order chi connectivity index (χ1) is 8.70. The number of halogens is 2. The van der Waals surface area contributed by atoms with Crippen LogP contribution in [0.25, 0.3) is 0 Å². The minimum Gasteiger partial charge on any atom is -0.481 e. The monoisotopic (exact) mass is 309 g/mol. The molecule has 1 unspecified atom stereocenters. The van der Waals surface area contributed by atoms with E-state index >= 15 is 0 Å². The minimum absolute atomic E-state index is 0.216. The maximum Gasteiger partial charge on any atom is 0.165 e. The van der Waals surface area contributed by atoms with E-state index < -0.39 is 0 Å². The van der Waals surface area contributed by atoms with E-state index in [4.69, 9.17) is 10.5 Å². The number of nitrogens with two attached hydrogens (primary N) is 1. The van der Waals surface area contributed by atoms with Gasteiger partial charge < -0.3 is 10.5 Å². The molecule has 2 aromatic rings. The Hall–Kier alpha value is -1.39. The molecule has 0 aliphatic rings. The van der Waals surface area contributed by atoms with Crippen LogP contribution in [0.5, 0.6) is 5.75 Å². The smallest absolute Gasteiger partial charge is 0.165 e. The van der Waals surface area contributed by atoms with Crippen LogP contribution in [-0.2, 0) is 0 Å². The maximum atomic E-state index is 13.5. The van der Waals surface area contributed by atoms with Crippen LogP contribution in [0.2, 0.25) is 0 Å². The molecule has 2 nitrogen and oxygen atoms in total. The highest BCUT2D eigenvalue weighted by atomic mass is 79.9. The molecule has 0 fully saturated rings. The van der Waals surface area contributed by atoms with E-state index in [0.717, 1.165) is 10.0 Å². The summed E-state index contributed by atoms with van der Waals surface area (Å²) in [6.45, 7) is 0.283. The molecular formula is C14H13BrFNO. The molecule has 0 saturated carbocycles. The van der Waals surface area contributed by atoms with Crippen molar-refractivity contribution >= 4 is 15.9 Å². The van der Waals surface area contributed by atoms with Crippen molar-refractivity contribution in [3.63, 3.8) is 0 Å². The second-order valence-corrected chi connectivity index (χ2v) is 4.74. The van der Waals surface area contributed by atoms with E-state index in [2.05, 4.69) is 15.9 Å². The Labute approximate surface area is 114 Å². The van der Waals surface area contributed by atoms with E-state index in [0.29, 0.717) is 0 Å². The van der Waals surface area contributed by atoms with Crippen molar-refractivity contribution in [2.24, 2.45) is 5.73 Å². The summed E-state index contributed by atoms with van der Waals surface area (Å²) in [6, 6.07) is 13.9. The Bertz CT molecular complexity index is 533. The molecule has 0 bridgehead atoms. The fraction of sp³-hybridized carbons (Fsp3) is 0.143. The fourth-order valence-electron chi connectivity index (χ4n) is 1.65. The zero-order chi connectivity index (χ0) is 13.0. The lowest BCUT2D eigenvalue weighted by Gasteiger charge is -2.18. The van der Waals surface area contributed by atoms with Gasteiger partial charge in [-0.15, -0.1) is 0 Å². The molecule has 1 atom stereocenters. The van der Waals surface area contributed by atoms with Gasteiger partial charge in [-0.25, -0.2) is 4.39 Å². The molecule has 2 aromatic carbocycles. The summed E-state index contributed by atoms with van der Waals surface area (Å²) in [5.41, 5.74) is 6.60. The molecule has 0 saturated heterocycles. The molecular weight excluding hydrogens is 297 g/mol. The Morgan fingerprint density at radius 3 is 2.61 bits per heavy atom. The van der Waals surface area contributed by atoms with E-state index in [9.17, 15) is 4.39 Å². The summed E-state index contributed by atoms with van der Waals surface area (Å²) in [6.07, 6.45) is -0.362. The van der Waals surface area contributed by atoms with Crippen LogP contribution in [0.15, 0.2) is 53.0 Å². The Kier molecular flexibility index (Phi) is 4.33. The van der Waals surface area contributed by atoms with Gasteiger partial charge in [-0.05, 0) is 29.8 Å². The van der Waals surface area contributed by atoms with Crippen molar-refractivity contribution in [2.45, 2.75) is 6.10 Å². The van der Waals surface area contributed by atoms with Gasteiger partial charge in [-0.2, -0.15) is 0 Å². The van der Waals surface area contributed by atoms with Gasteiger partial charge in [0.1, 0.15) is 6.10 Å². The number of benzene rings is 2. The highest BCUT2D eigenvalue weighted by Crippen LogP contribution is 2.25. The van der Waals surface area contributed by atoms with Crippen molar-refractivity contribution in [3.8, 4) is 5.75 Å². The summed E-state index contributed by atoms with van der Waals surface area (Å²) in [4.78, 5) is 0. The van der Waals surface area contributed by atoms with E-state index in [1.54, 1.807) is 18.2 Å². The predicted molar refractivity (Wildman–Crippen MR) is 73.0 cm³/mol. The van der Waals surface area contributed by atoms with E-state index in [1.165, 1.54) is 6.07 Å². The van der Waals surface area contributed by atoms with Crippen LogP contribution in [0.1, 0.15) is 11.7 Å². The zero-order valence-corrected chi connectivity index (χ0v) is 11.2. The van der Waals surface area contributed by atoms with Gasteiger partial charge in [0, 0.05) is 11.0 Å². The third kappa shape index (κ3) is 3.09. The molecule has 0 amide bonds. The quantitative estimate of drug-likeness (QED) is 0.935.